The molecule has 0 radical (unpaired) electrons. The van der Waals surface area contributed by atoms with Gasteiger partial charge < -0.3 is 14.1 Å². The predicted octanol–water partition coefficient (Wildman–Crippen LogP) is 3.75. The van der Waals surface area contributed by atoms with Crippen molar-refractivity contribution in [3.05, 3.63) is 70.3 Å². The number of nitrogens with zero attached hydrogens (tertiary/aromatic N) is 3. The van der Waals surface area contributed by atoms with Crippen molar-refractivity contribution in [1.82, 2.24) is 24.3 Å². The molecule has 5 rings (SSSR count). The average molecular weight is 548 g/mol. The number of halogens is 3. The third kappa shape index (κ3) is 4.75. The molecule has 5 aromatic rings. The number of hydrogen-bond acceptors (Lipinski definition) is 7. The van der Waals surface area contributed by atoms with E-state index in [1.165, 1.54) is 19.1 Å². The first-order valence-electron chi connectivity index (χ1n) is 11.2. The second-order valence-electron chi connectivity index (χ2n) is 8.41. The molecular weight excluding hydrogens is 527 g/mol. The van der Waals surface area contributed by atoms with Crippen molar-refractivity contribution < 1.29 is 30.7 Å². The molecule has 0 bridgehead atoms. The Balaban J connectivity index is 1.62. The van der Waals surface area contributed by atoms with E-state index in [1.54, 1.807) is 36.4 Å². The fraction of sp³-hybridized carbons (Fsp3) is 0.208. The Morgan fingerprint density at radius 2 is 1.84 bits per heavy atom. The van der Waals surface area contributed by atoms with Crippen molar-refractivity contribution in [3.8, 4) is 28.3 Å². The fourth-order valence-electron chi connectivity index (χ4n) is 4.05. The number of para-hydroxylation sites is 1. The Kier molecular flexibility index (Phi) is 6.23. The van der Waals surface area contributed by atoms with E-state index in [1.807, 2.05) is 0 Å². The zero-order valence-corrected chi connectivity index (χ0v) is 20.8. The molecule has 3 heterocycles. The van der Waals surface area contributed by atoms with Gasteiger partial charge in [-0.05, 0) is 24.6 Å². The molecule has 0 spiro atoms. The van der Waals surface area contributed by atoms with Gasteiger partial charge in [0, 0.05) is 12.2 Å². The number of rotatable bonds is 7. The Labute approximate surface area is 213 Å². The first-order valence-corrected chi connectivity index (χ1v) is 13.1. The Hall–Kier alpha value is -4.17. The van der Waals surface area contributed by atoms with Gasteiger partial charge in [-0.2, -0.15) is 22.8 Å². The standard InChI is InChI=1S/C24H20F3N5O5S/c1-13-17(22-30-19-15(9-6-10-16(19)37-22)36-12-11-28-38(2,34)35)23(33)32-21(29-13)18(14-7-4-3-5-8-14)20(31-32)24(25,26)27/h3-10,28-29H,11-12H2,1-2H3. The third-order valence-corrected chi connectivity index (χ3v) is 6.35. The minimum Gasteiger partial charge on any atom is -0.490 e. The lowest BCUT2D eigenvalue weighted by atomic mass is 10.1. The van der Waals surface area contributed by atoms with Gasteiger partial charge in [0.05, 0.1) is 11.8 Å². The highest BCUT2D eigenvalue weighted by molar-refractivity contribution is 7.88. The summed E-state index contributed by atoms with van der Waals surface area (Å²) in [5.41, 5.74) is -1.55. The molecule has 0 unspecified atom stereocenters. The van der Waals surface area contributed by atoms with E-state index in [0.717, 1.165) is 6.26 Å². The largest absolute Gasteiger partial charge is 0.490 e. The Morgan fingerprint density at radius 3 is 2.53 bits per heavy atom. The molecule has 0 aliphatic rings. The second-order valence-corrected chi connectivity index (χ2v) is 10.2. The van der Waals surface area contributed by atoms with Crippen LogP contribution in [0.15, 0.2) is 57.7 Å². The van der Waals surface area contributed by atoms with E-state index < -0.39 is 27.5 Å². The van der Waals surface area contributed by atoms with Crippen LogP contribution in [0.3, 0.4) is 0 Å². The number of ether oxygens (including phenoxy) is 1. The van der Waals surface area contributed by atoms with Crippen LogP contribution in [0.5, 0.6) is 5.75 Å². The summed E-state index contributed by atoms with van der Waals surface area (Å²) >= 11 is 0. The van der Waals surface area contributed by atoms with E-state index in [4.69, 9.17) is 9.15 Å². The number of nitrogens with one attached hydrogen (secondary N) is 2. The van der Waals surface area contributed by atoms with Gasteiger partial charge in [-0.25, -0.2) is 18.1 Å². The topological polar surface area (TPSA) is 132 Å². The number of aryl methyl sites for hydroxylation is 1. The van der Waals surface area contributed by atoms with Gasteiger partial charge in [0.1, 0.15) is 23.6 Å². The summed E-state index contributed by atoms with van der Waals surface area (Å²) in [5.74, 6) is 0.129. The van der Waals surface area contributed by atoms with E-state index in [2.05, 4.69) is 19.8 Å². The van der Waals surface area contributed by atoms with Crippen LogP contribution in [-0.4, -0.2) is 47.4 Å². The van der Waals surface area contributed by atoms with Gasteiger partial charge in [0.15, 0.2) is 16.8 Å². The van der Waals surface area contributed by atoms with Crippen molar-refractivity contribution in [2.24, 2.45) is 0 Å². The molecule has 14 heteroatoms. The predicted molar refractivity (Wildman–Crippen MR) is 132 cm³/mol. The lowest BCUT2D eigenvalue weighted by molar-refractivity contribution is -0.140. The summed E-state index contributed by atoms with van der Waals surface area (Å²) in [6.45, 7) is 1.53. The Bertz CT molecular complexity index is 1830. The molecule has 0 aliphatic carbocycles. The van der Waals surface area contributed by atoms with Crippen LogP contribution in [0, 0.1) is 6.92 Å². The molecule has 0 aliphatic heterocycles. The average Bonchev–Trinajstić information content (AvgIpc) is 3.44. The quantitative estimate of drug-likeness (QED) is 0.297. The highest BCUT2D eigenvalue weighted by Gasteiger charge is 2.39. The van der Waals surface area contributed by atoms with E-state index in [-0.39, 0.29) is 63.9 Å². The summed E-state index contributed by atoms with van der Waals surface area (Å²) in [6, 6.07) is 12.6. The number of H-pyrrole nitrogens is 1. The van der Waals surface area contributed by atoms with Gasteiger partial charge in [-0.3, -0.25) is 4.79 Å². The molecule has 2 aromatic carbocycles. The minimum atomic E-state index is -4.82. The molecule has 38 heavy (non-hydrogen) atoms. The molecule has 10 nitrogen and oxygen atoms in total. The van der Waals surface area contributed by atoms with Crippen LogP contribution >= 0.6 is 0 Å². The van der Waals surface area contributed by atoms with Gasteiger partial charge in [0.2, 0.25) is 15.9 Å². The molecule has 3 aromatic heterocycles. The van der Waals surface area contributed by atoms with Crippen molar-refractivity contribution >= 4 is 26.8 Å². The lowest BCUT2D eigenvalue weighted by Gasteiger charge is -2.07. The van der Waals surface area contributed by atoms with Crippen molar-refractivity contribution in [3.63, 3.8) is 0 Å². The highest BCUT2D eigenvalue weighted by atomic mass is 32.2. The number of alkyl halides is 3. The SMILES string of the molecule is Cc1[nH]c2c(-c3ccccc3)c(C(F)(F)F)nn2c(=O)c1-c1nc2c(OCCNS(C)(=O)=O)cccc2o1. The number of aromatic nitrogens is 4. The molecule has 0 saturated heterocycles. The van der Waals surface area contributed by atoms with Crippen molar-refractivity contribution in [2.45, 2.75) is 13.1 Å². The van der Waals surface area contributed by atoms with Gasteiger partial charge in [-0.1, -0.05) is 36.4 Å². The molecule has 198 valence electrons. The number of fused-ring (bicyclic) bond motifs is 2. The van der Waals surface area contributed by atoms with E-state index >= 15 is 0 Å². The third-order valence-electron chi connectivity index (χ3n) is 5.62. The molecule has 0 fully saturated rings. The maximum atomic E-state index is 13.9. The highest BCUT2D eigenvalue weighted by Crippen LogP contribution is 2.38. The summed E-state index contributed by atoms with van der Waals surface area (Å²) in [4.78, 5) is 20.7. The van der Waals surface area contributed by atoms with Crippen molar-refractivity contribution in [2.75, 3.05) is 19.4 Å². The first kappa shape index (κ1) is 25.5. The second kappa shape index (κ2) is 9.29. The van der Waals surface area contributed by atoms with Crippen LogP contribution in [0.1, 0.15) is 11.4 Å². The normalized spacial score (nSPS) is 12.4. The molecule has 2 N–H and O–H groups in total. The van der Waals surface area contributed by atoms with Gasteiger partial charge in [0.25, 0.3) is 5.56 Å². The summed E-state index contributed by atoms with van der Waals surface area (Å²) in [5, 5.41) is 3.63. The smallest absolute Gasteiger partial charge is 0.435 e. The maximum Gasteiger partial charge on any atom is 0.435 e. The lowest BCUT2D eigenvalue weighted by Crippen LogP contribution is -2.26. The summed E-state index contributed by atoms with van der Waals surface area (Å²) in [6.07, 6.45) is -3.80. The summed E-state index contributed by atoms with van der Waals surface area (Å²) in [7, 11) is -3.39. The number of oxazole rings is 1. The fourth-order valence-corrected chi connectivity index (χ4v) is 4.50. The monoisotopic (exact) mass is 547 g/mol. The van der Waals surface area contributed by atoms with Crippen LogP contribution in [-0.2, 0) is 16.2 Å². The van der Waals surface area contributed by atoms with E-state index in [0.29, 0.717) is 4.52 Å². The Morgan fingerprint density at radius 1 is 1.11 bits per heavy atom. The van der Waals surface area contributed by atoms with Crippen LogP contribution in [0.2, 0.25) is 0 Å². The van der Waals surface area contributed by atoms with Crippen molar-refractivity contribution in [1.29, 1.82) is 0 Å². The molecule has 0 atom stereocenters. The van der Waals surface area contributed by atoms with Crippen LogP contribution in [0.25, 0.3) is 39.3 Å². The minimum absolute atomic E-state index is 0.00425. The molecular formula is C24H20F3N5O5S. The van der Waals surface area contributed by atoms with Crippen LogP contribution < -0.4 is 15.0 Å². The van der Waals surface area contributed by atoms with Gasteiger partial charge in [-0.15, -0.1) is 0 Å². The van der Waals surface area contributed by atoms with Crippen LogP contribution in [0.4, 0.5) is 13.2 Å². The molecule has 0 amide bonds. The zero-order valence-electron chi connectivity index (χ0n) is 20.0. The summed E-state index contributed by atoms with van der Waals surface area (Å²) < 4.78 is 78.6. The number of benzene rings is 2. The number of aromatic amines is 1. The first-order chi connectivity index (χ1) is 17.9. The number of sulfonamides is 1. The maximum absolute atomic E-state index is 13.9. The molecule has 0 saturated carbocycles. The zero-order chi connectivity index (χ0) is 27.2. The number of hydrogen-bond donors (Lipinski definition) is 2. The van der Waals surface area contributed by atoms with E-state index in [9.17, 15) is 26.4 Å². The van der Waals surface area contributed by atoms with Gasteiger partial charge >= 0.3 is 6.18 Å².